The molecule has 0 radical (unpaired) electrons. The third kappa shape index (κ3) is 1.16. The van der Waals surface area contributed by atoms with Crippen molar-refractivity contribution >= 4 is 17.3 Å². The summed E-state index contributed by atoms with van der Waals surface area (Å²) in [4.78, 5) is 10.6. The Hall–Kier alpha value is -1.84. The maximum Gasteiger partial charge on any atom is 0.170 e. The molecule has 0 unspecified atom stereocenters. The van der Waals surface area contributed by atoms with Crippen LogP contribution in [0.25, 0.3) is 11.0 Å². The van der Waals surface area contributed by atoms with Gasteiger partial charge in [0.2, 0.25) is 0 Å². The van der Waals surface area contributed by atoms with Crippen molar-refractivity contribution in [3.63, 3.8) is 0 Å². The van der Waals surface area contributed by atoms with Gasteiger partial charge in [0.15, 0.2) is 11.9 Å². The molecule has 4 heteroatoms. The Kier molecular flexibility index (Phi) is 1.73. The molecule has 0 aliphatic rings. The standard InChI is InChI=1S/C9H7NO3/c1-12-8-3-9-6(4-10-13-9)2-7(8)5-11/h2-5H,1H3. The van der Waals surface area contributed by atoms with Gasteiger partial charge in [0.1, 0.15) is 5.75 Å². The highest BCUT2D eigenvalue weighted by Gasteiger charge is 2.06. The van der Waals surface area contributed by atoms with Crippen LogP contribution in [0.4, 0.5) is 0 Å². The van der Waals surface area contributed by atoms with Crippen molar-refractivity contribution in [2.45, 2.75) is 0 Å². The highest BCUT2D eigenvalue weighted by Crippen LogP contribution is 2.24. The van der Waals surface area contributed by atoms with Crippen molar-refractivity contribution in [2.24, 2.45) is 0 Å². The summed E-state index contributed by atoms with van der Waals surface area (Å²) in [5.74, 6) is 0.499. The van der Waals surface area contributed by atoms with Gasteiger partial charge in [-0.3, -0.25) is 4.79 Å². The van der Waals surface area contributed by atoms with Crippen LogP contribution in [-0.2, 0) is 0 Å². The van der Waals surface area contributed by atoms with Crippen molar-refractivity contribution < 1.29 is 14.1 Å². The summed E-state index contributed by atoms with van der Waals surface area (Å²) in [6.07, 6.45) is 2.30. The van der Waals surface area contributed by atoms with E-state index < -0.39 is 0 Å². The molecular formula is C9H7NO3. The Bertz CT molecular complexity index is 447. The Labute approximate surface area is 74.1 Å². The van der Waals surface area contributed by atoms with E-state index in [0.717, 1.165) is 11.7 Å². The van der Waals surface area contributed by atoms with Crippen molar-refractivity contribution in [3.8, 4) is 5.75 Å². The van der Waals surface area contributed by atoms with E-state index in [9.17, 15) is 4.79 Å². The molecule has 0 N–H and O–H groups in total. The Balaban J connectivity index is 2.73. The molecule has 2 aromatic rings. The van der Waals surface area contributed by atoms with Crippen LogP contribution in [-0.4, -0.2) is 18.6 Å². The molecule has 0 fully saturated rings. The zero-order chi connectivity index (χ0) is 9.26. The fourth-order valence-electron chi connectivity index (χ4n) is 1.18. The molecule has 0 aliphatic heterocycles. The van der Waals surface area contributed by atoms with Gasteiger partial charge in [-0.1, -0.05) is 5.16 Å². The first-order chi connectivity index (χ1) is 6.35. The fourth-order valence-corrected chi connectivity index (χ4v) is 1.18. The number of benzene rings is 1. The number of aromatic nitrogens is 1. The first kappa shape index (κ1) is 7.79. The van der Waals surface area contributed by atoms with Crippen LogP contribution in [0.3, 0.4) is 0 Å². The third-order valence-corrected chi connectivity index (χ3v) is 1.83. The minimum Gasteiger partial charge on any atom is -0.496 e. The molecule has 0 atom stereocenters. The minimum atomic E-state index is 0.498. The predicted octanol–water partition coefficient (Wildman–Crippen LogP) is 1.65. The van der Waals surface area contributed by atoms with Crippen LogP contribution in [0.15, 0.2) is 22.9 Å². The van der Waals surface area contributed by atoms with E-state index in [0.29, 0.717) is 16.9 Å². The van der Waals surface area contributed by atoms with Crippen LogP contribution in [0, 0.1) is 0 Å². The lowest BCUT2D eigenvalue weighted by atomic mass is 10.1. The highest BCUT2D eigenvalue weighted by atomic mass is 16.5. The smallest absolute Gasteiger partial charge is 0.170 e. The number of aldehydes is 1. The summed E-state index contributed by atoms with van der Waals surface area (Å²) >= 11 is 0. The van der Waals surface area contributed by atoms with Gasteiger partial charge in [0, 0.05) is 11.5 Å². The minimum absolute atomic E-state index is 0.498. The van der Waals surface area contributed by atoms with Gasteiger partial charge < -0.3 is 9.26 Å². The highest BCUT2D eigenvalue weighted by molar-refractivity contribution is 5.89. The second-order valence-corrected chi connectivity index (χ2v) is 2.58. The summed E-state index contributed by atoms with van der Waals surface area (Å²) in [7, 11) is 1.50. The molecule has 1 heterocycles. The van der Waals surface area contributed by atoms with Gasteiger partial charge in [-0.2, -0.15) is 0 Å². The SMILES string of the molecule is COc1cc2oncc2cc1C=O. The molecule has 1 aromatic carbocycles. The number of hydrogen-bond donors (Lipinski definition) is 0. The Morgan fingerprint density at radius 2 is 2.38 bits per heavy atom. The summed E-state index contributed by atoms with van der Waals surface area (Å²) in [6.45, 7) is 0. The summed E-state index contributed by atoms with van der Waals surface area (Å²) < 4.78 is 9.91. The quantitative estimate of drug-likeness (QED) is 0.654. The molecule has 0 bridgehead atoms. The number of nitrogens with zero attached hydrogens (tertiary/aromatic N) is 1. The third-order valence-electron chi connectivity index (χ3n) is 1.83. The topological polar surface area (TPSA) is 52.3 Å². The van der Waals surface area contributed by atoms with Crippen LogP contribution < -0.4 is 4.74 Å². The van der Waals surface area contributed by atoms with E-state index in [1.165, 1.54) is 7.11 Å². The molecule has 0 amide bonds. The van der Waals surface area contributed by atoms with Crippen molar-refractivity contribution in [1.29, 1.82) is 0 Å². The monoisotopic (exact) mass is 177 g/mol. The molecule has 0 spiro atoms. The second-order valence-electron chi connectivity index (χ2n) is 2.58. The van der Waals surface area contributed by atoms with Gasteiger partial charge in [0.05, 0.1) is 18.9 Å². The maximum atomic E-state index is 10.6. The molecule has 0 aliphatic carbocycles. The van der Waals surface area contributed by atoms with E-state index in [1.54, 1.807) is 18.3 Å². The van der Waals surface area contributed by atoms with E-state index in [4.69, 9.17) is 9.26 Å². The zero-order valence-corrected chi connectivity index (χ0v) is 6.98. The number of methoxy groups -OCH3 is 1. The molecule has 1 aromatic heterocycles. The van der Waals surface area contributed by atoms with Crippen LogP contribution >= 0.6 is 0 Å². The van der Waals surface area contributed by atoms with Crippen molar-refractivity contribution in [2.75, 3.05) is 7.11 Å². The molecule has 66 valence electrons. The lowest BCUT2D eigenvalue weighted by Gasteiger charge is -2.01. The lowest BCUT2D eigenvalue weighted by Crippen LogP contribution is -1.89. The van der Waals surface area contributed by atoms with E-state index in [-0.39, 0.29) is 0 Å². The molecule has 0 saturated heterocycles. The van der Waals surface area contributed by atoms with Gasteiger partial charge in [0.25, 0.3) is 0 Å². The number of rotatable bonds is 2. The number of fused-ring (bicyclic) bond motifs is 1. The molecule has 0 saturated carbocycles. The van der Waals surface area contributed by atoms with Gasteiger partial charge >= 0.3 is 0 Å². The van der Waals surface area contributed by atoms with Crippen LogP contribution in [0.1, 0.15) is 10.4 Å². The Morgan fingerprint density at radius 1 is 1.54 bits per heavy atom. The first-order valence-electron chi connectivity index (χ1n) is 3.73. The van der Waals surface area contributed by atoms with E-state index in [2.05, 4.69) is 5.16 Å². The average Bonchev–Trinajstić information content (AvgIpc) is 2.62. The summed E-state index contributed by atoms with van der Waals surface area (Å²) in [6, 6.07) is 3.32. The first-order valence-corrected chi connectivity index (χ1v) is 3.73. The van der Waals surface area contributed by atoms with Crippen LogP contribution in [0.5, 0.6) is 5.75 Å². The zero-order valence-electron chi connectivity index (χ0n) is 6.98. The van der Waals surface area contributed by atoms with Crippen molar-refractivity contribution in [3.05, 3.63) is 23.9 Å². The second kappa shape index (κ2) is 2.90. The van der Waals surface area contributed by atoms with Gasteiger partial charge in [-0.05, 0) is 6.07 Å². The van der Waals surface area contributed by atoms with E-state index in [1.807, 2.05) is 0 Å². The lowest BCUT2D eigenvalue weighted by molar-refractivity contribution is 0.112. The normalized spacial score (nSPS) is 10.2. The number of ether oxygens (including phenoxy) is 1. The van der Waals surface area contributed by atoms with E-state index >= 15 is 0 Å². The number of carbonyl (C=O) groups excluding carboxylic acids is 1. The number of carbonyl (C=O) groups is 1. The molecule has 13 heavy (non-hydrogen) atoms. The predicted molar refractivity (Wildman–Crippen MR) is 45.9 cm³/mol. The van der Waals surface area contributed by atoms with Gasteiger partial charge in [-0.15, -0.1) is 0 Å². The fraction of sp³-hybridized carbons (Fsp3) is 0.111. The van der Waals surface area contributed by atoms with Gasteiger partial charge in [-0.25, -0.2) is 0 Å². The molecule has 4 nitrogen and oxygen atoms in total. The van der Waals surface area contributed by atoms with Crippen molar-refractivity contribution in [1.82, 2.24) is 5.16 Å². The number of hydrogen-bond acceptors (Lipinski definition) is 4. The molecular weight excluding hydrogens is 170 g/mol. The summed E-state index contributed by atoms with van der Waals surface area (Å²) in [5.41, 5.74) is 1.11. The largest absolute Gasteiger partial charge is 0.496 e. The average molecular weight is 177 g/mol. The summed E-state index contributed by atoms with van der Waals surface area (Å²) in [5, 5.41) is 4.40. The Morgan fingerprint density at radius 3 is 3.08 bits per heavy atom. The molecule has 2 rings (SSSR count). The van der Waals surface area contributed by atoms with Crippen LogP contribution in [0.2, 0.25) is 0 Å². The maximum absolute atomic E-state index is 10.6.